The minimum absolute atomic E-state index is 0. The van der Waals surface area contributed by atoms with Crippen LogP contribution in [-0.4, -0.2) is 55.1 Å². The maximum atomic E-state index is 9.82. The first-order chi connectivity index (χ1) is 11.7. The Morgan fingerprint density at radius 3 is 2.68 bits per heavy atom. The zero-order chi connectivity index (χ0) is 16.9. The van der Waals surface area contributed by atoms with Crippen LogP contribution in [0.3, 0.4) is 0 Å². The molecule has 0 amide bonds. The van der Waals surface area contributed by atoms with Gasteiger partial charge in [-0.1, -0.05) is 25.0 Å². The lowest BCUT2D eigenvalue weighted by Gasteiger charge is -2.37. The number of hydrogen-bond acceptors (Lipinski definition) is 4. The highest BCUT2D eigenvalue weighted by molar-refractivity contribution is 5.85. The molecule has 3 atom stereocenters. The van der Waals surface area contributed by atoms with E-state index >= 15 is 0 Å². The summed E-state index contributed by atoms with van der Waals surface area (Å²) in [5, 5.41) is 9.82. The summed E-state index contributed by atoms with van der Waals surface area (Å²) in [5.41, 5.74) is 2.48. The summed E-state index contributed by atoms with van der Waals surface area (Å²) < 4.78 is 11.6. The van der Waals surface area contributed by atoms with Gasteiger partial charge >= 0.3 is 0 Å². The zero-order valence-electron chi connectivity index (χ0n) is 15.4. The van der Waals surface area contributed by atoms with Gasteiger partial charge in [-0.15, -0.1) is 12.4 Å². The summed E-state index contributed by atoms with van der Waals surface area (Å²) in [7, 11) is 1.71. The quantitative estimate of drug-likeness (QED) is 0.834. The molecular formula is C20H32ClNO3. The lowest BCUT2D eigenvalue weighted by Crippen LogP contribution is -2.46. The molecule has 1 aromatic rings. The number of aliphatic hydroxyl groups excluding tert-OH is 1. The number of nitrogens with zero attached hydrogens (tertiary/aromatic N) is 1. The third kappa shape index (κ3) is 5.33. The summed E-state index contributed by atoms with van der Waals surface area (Å²) in [6.45, 7) is 4.69. The molecule has 142 valence electrons. The predicted molar refractivity (Wildman–Crippen MR) is 103 cm³/mol. The molecule has 0 radical (unpaired) electrons. The maximum Gasteiger partial charge on any atom is 0.121 e. The third-order valence-electron chi connectivity index (χ3n) is 5.51. The van der Waals surface area contributed by atoms with Crippen LogP contribution in [0.2, 0.25) is 0 Å². The molecule has 4 nitrogen and oxygen atoms in total. The topological polar surface area (TPSA) is 41.9 Å². The van der Waals surface area contributed by atoms with Gasteiger partial charge in [0.1, 0.15) is 5.75 Å². The number of benzene rings is 1. The van der Waals surface area contributed by atoms with Crippen molar-refractivity contribution >= 4 is 12.4 Å². The van der Waals surface area contributed by atoms with Crippen molar-refractivity contribution in [2.45, 2.75) is 63.7 Å². The molecule has 1 N–H and O–H groups in total. The van der Waals surface area contributed by atoms with E-state index in [1.165, 1.54) is 30.4 Å². The highest BCUT2D eigenvalue weighted by Crippen LogP contribution is 2.28. The summed E-state index contributed by atoms with van der Waals surface area (Å²) in [5.74, 6) is 0.944. The highest BCUT2D eigenvalue weighted by atomic mass is 35.5. The minimum atomic E-state index is -0.144. The van der Waals surface area contributed by atoms with Gasteiger partial charge in [0.2, 0.25) is 0 Å². The van der Waals surface area contributed by atoms with E-state index in [9.17, 15) is 5.11 Å². The smallest absolute Gasteiger partial charge is 0.121 e. The molecule has 2 fully saturated rings. The first kappa shape index (κ1) is 20.5. The second-order valence-corrected chi connectivity index (χ2v) is 7.25. The third-order valence-corrected chi connectivity index (χ3v) is 5.51. The number of methoxy groups -OCH3 is 1. The van der Waals surface area contributed by atoms with Crippen molar-refractivity contribution in [3.8, 4) is 5.75 Å². The van der Waals surface area contributed by atoms with Crippen LogP contribution in [0.15, 0.2) is 18.2 Å². The van der Waals surface area contributed by atoms with Crippen LogP contribution in [-0.2, 0) is 11.2 Å². The second kappa shape index (κ2) is 9.77. The highest BCUT2D eigenvalue weighted by Gasteiger charge is 2.34. The van der Waals surface area contributed by atoms with Crippen LogP contribution < -0.4 is 4.74 Å². The van der Waals surface area contributed by atoms with Gasteiger partial charge in [-0.05, 0) is 49.8 Å². The van der Waals surface area contributed by atoms with E-state index in [2.05, 4.69) is 24.0 Å². The average molecular weight is 370 g/mol. The van der Waals surface area contributed by atoms with Gasteiger partial charge < -0.3 is 14.6 Å². The second-order valence-electron chi connectivity index (χ2n) is 7.25. The van der Waals surface area contributed by atoms with Gasteiger partial charge in [-0.25, -0.2) is 0 Å². The standard InChI is InChI=1S/C20H31NO3.ClH/c1-15-13-16(7-8-19(15)23-2)10-12-24-20-6-4-3-5-18(20)21-11-9-17(22)14-21;/h7-8,13,17-18,20,22H,3-6,9-12,14H2,1-2H3;1H/t17-,18?,20?;/m0./s1. The zero-order valence-corrected chi connectivity index (χ0v) is 16.3. The van der Waals surface area contributed by atoms with Crippen molar-refractivity contribution in [1.29, 1.82) is 0 Å². The van der Waals surface area contributed by atoms with Crippen LogP contribution >= 0.6 is 12.4 Å². The number of β-amino-alcohol motifs (C(OH)–C–C–N with tert-alkyl or cyclic N) is 1. The van der Waals surface area contributed by atoms with Gasteiger partial charge in [0.25, 0.3) is 0 Å². The van der Waals surface area contributed by atoms with Crippen LogP contribution in [0, 0.1) is 6.92 Å². The van der Waals surface area contributed by atoms with Crippen LogP contribution in [0.25, 0.3) is 0 Å². The number of rotatable bonds is 6. The summed E-state index contributed by atoms with van der Waals surface area (Å²) >= 11 is 0. The summed E-state index contributed by atoms with van der Waals surface area (Å²) in [6, 6.07) is 6.86. The van der Waals surface area contributed by atoms with Gasteiger partial charge in [0, 0.05) is 19.1 Å². The Kier molecular flexibility index (Phi) is 8.01. The van der Waals surface area contributed by atoms with E-state index in [0.717, 1.165) is 44.7 Å². The van der Waals surface area contributed by atoms with Gasteiger partial charge in [-0.3, -0.25) is 4.90 Å². The average Bonchev–Trinajstić information content (AvgIpc) is 3.02. The van der Waals surface area contributed by atoms with Crippen molar-refractivity contribution in [3.63, 3.8) is 0 Å². The number of aliphatic hydroxyl groups is 1. The molecular weight excluding hydrogens is 338 g/mol. The largest absolute Gasteiger partial charge is 0.496 e. The van der Waals surface area contributed by atoms with E-state index in [1.54, 1.807) is 7.11 Å². The lowest BCUT2D eigenvalue weighted by molar-refractivity contribution is -0.0316. The number of likely N-dealkylation sites (tertiary alicyclic amines) is 1. The Bertz CT molecular complexity index is 540. The molecule has 0 spiro atoms. The van der Waals surface area contributed by atoms with Crippen molar-refractivity contribution in [2.75, 3.05) is 26.8 Å². The van der Waals surface area contributed by atoms with Crippen molar-refractivity contribution < 1.29 is 14.6 Å². The summed E-state index contributed by atoms with van der Waals surface area (Å²) in [4.78, 5) is 2.45. The number of hydrogen-bond donors (Lipinski definition) is 1. The molecule has 1 saturated heterocycles. The molecule has 3 rings (SSSR count). The van der Waals surface area contributed by atoms with E-state index in [0.29, 0.717) is 12.1 Å². The lowest BCUT2D eigenvalue weighted by atomic mass is 9.91. The number of ether oxygens (including phenoxy) is 2. The Labute approximate surface area is 157 Å². The van der Waals surface area contributed by atoms with Gasteiger partial charge in [0.15, 0.2) is 0 Å². The minimum Gasteiger partial charge on any atom is -0.496 e. The normalized spacial score (nSPS) is 27.1. The predicted octanol–water partition coefficient (Wildman–Crippen LogP) is 3.36. The van der Waals surface area contributed by atoms with E-state index in [4.69, 9.17) is 9.47 Å². The van der Waals surface area contributed by atoms with Gasteiger partial charge in [-0.2, -0.15) is 0 Å². The molecule has 2 aliphatic rings. The molecule has 5 heteroatoms. The fourth-order valence-corrected chi connectivity index (χ4v) is 4.18. The first-order valence-corrected chi connectivity index (χ1v) is 9.34. The fraction of sp³-hybridized carbons (Fsp3) is 0.700. The molecule has 1 aliphatic heterocycles. The molecule has 0 bridgehead atoms. The SMILES string of the molecule is COc1ccc(CCOC2CCCCC2N2CC[C@H](O)C2)cc1C.Cl. The molecule has 1 aliphatic carbocycles. The molecule has 1 heterocycles. The van der Waals surface area contributed by atoms with Crippen LogP contribution in [0.1, 0.15) is 43.2 Å². The van der Waals surface area contributed by atoms with E-state index in [1.807, 2.05) is 6.07 Å². The molecule has 25 heavy (non-hydrogen) atoms. The fourth-order valence-electron chi connectivity index (χ4n) is 4.18. The van der Waals surface area contributed by atoms with Gasteiger partial charge in [0.05, 0.1) is 25.9 Å². The Morgan fingerprint density at radius 1 is 1.20 bits per heavy atom. The van der Waals surface area contributed by atoms with E-state index in [-0.39, 0.29) is 18.5 Å². The van der Waals surface area contributed by atoms with Crippen LogP contribution in [0.4, 0.5) is 0 Å². The van der Waals surface area contributed by atoms with E-state index < -0.39 is 0 Å². The summed E-state index contributed by atoms with van der Waals surface area (Å²) in [6.07, 6.45) is 6.94. The Morgan fingerprint density at radius 2 is 2.00 bits per heavy atom. The molecule has 0 aromatic heterocycles. The molecule has 1 saturated carbocycles. The van der Waals surface area contributed by atoms with Crippen molar-refractivity contribution in [2.24, 2.45) is 0 Å². The molecule has 2 unspecified atom stereocenters. The monoisotopic (exact) mass is 369 g/mol. The maximum absolute atomic E-state index is 9.82. The number of aryl methyl sites for hydroxylation is 1. The Hall–Kier alpha value is -0.810. The van der Waals surface area contributed by atoms with Crippen LogP contribution in [0.5, 0.6) is 5.75 Å². The van der Waals surface area contributed by atoms with Crippen molar-refractivity contribution in [3.05, 3.63) is 29.3 Å². The van der Waals surface area contributed by atoms with Crippen molar-refractivity contribution in [1.82, 2.24) is 4.90 Å². The first-order valence-electron chi connectivity index (χ1n) is 9.34. The Balaban J connectivity index is 0.00000225. The number of halogens is 1. The molecule has 1 aromatic carbocycles.